The van der Waals surface area contributed by atoms with Crippen molar-refractivity contribution in [3.05, 3.63) is 58.1 Å². The first-order chi connectivity index (χ1) is 12.6. The summed E-state index contributed by atoms with van der Waals surface area (Å²) in [5, 5.41) is 9.18. The Kier molecular flexibility index (Phi) is 5.85. The highest BCUT2D eigenvalue weighted by atomic mass is 79.9. The lowest BCUT2D eigenvalue weighted by Gasteiger charge is -2.09. The fraction of sp³-hybridized carbons (Fsp3) is 0.167. The zero-order valence-electron chi connectivity index (χ0n) is 13.9. The summed E-state index contributed by atoms with van der Waals surface area (Å²) in [5.41, 5.74) is 2.01. The van der Waals surface area contributed by atoms with Gasteiger partial charge >= 0.3 is 5.97 Å². The van der Waals surface area contributed by atoms with Crippen LogP contribution in [0.15, 0.2) is 52.6 Å². The summed E-state index contributed by atoms with van der Waals surface area (Å²) in [4.78, 5) is 24.8. The molecular weight excluding hydrogens is 418 g/mol. The molecule has 0 spiro atoms. The van der Waals surface area contributed by atoms with Gasteiger partial charge in [0.05, 0.1) is 17.3 Å². The molecule has 1 amide bonds. The standard InChI is InChI=1S/C18H16BrN3O3S/c1-2-25-18(24)16-14(12-6-4-3-5-7-12)11-26-17(16)21-15(23)10-22-9-13(19)8-20-22/h3-9,11H,2,10H2,1H3,(H,21,23). The summed E-state index contributed by atoms with van der Waals surface area (Å²) < 4.78 is 7.49. The number of nitrogens with zero attached hydrogens (tertiary/aromatic N) is 2. The van der Waals surface area contributed by atoms with Crippen molar-refractivity contribution >= 4 is 44.1 Å². The molecule has 1 aromatic carbocycles. The monoisotopic (exact) mass is 433 g/mol. The van der Waals surface area contributed by atoms with Crippen molar-refractivity contribution in [2.45, 2.75) is 13.5 Å². The van der Waals surface area contributed by atoms with Crippen LogP contribution >= 0.6 is 27.3 Å². The van der Waals surface area contributed by atoms with Crippen LogP contribution in [0.3, 0.4) is 0 Å². The number of carbonyl (C=O) groups is 2. The summed E-state index contributed by atoms with van der Waals surface area (Å²) in [6.45, 7) is 2.06. The second kappa shape index (κ2) is 8.29. The minimum Gasteiger partial charge on any atom is -0.462 e. The predicted octanol–water partition coefficient (Wildman–Crippen LogP) is 4.19. The zero-order chi connectivity index (χ0) is 18.5. The molecule has 1 N–H and O–H groups in total. The maximum absolute atomic E-state index is 12.5. The minimum atomic E-state index is -0.454. The van der Waals surface area contributed by atoms with Crippen LogP contribution in [0.1, 0.15) is 17.3 Å². The average molecular weight is 434 g/mol. The summed E-state index contributed by atoms with van der Waals surface area (Å²) in [5.74, 6) is -0.725. The van der Waals surface area contributed by atoms with E-state index in [1.54, 1.807) is 19.3 Å². The van der Waals surface area contributed by atoms with E-state index in [0.717, 1.165) is 15.6 Å². The number of amides is 1. The molecule has 2 heterocycles. The Labute approximate surface area is 162 Å². The summed E-state index contributed by atoms with van der Waals surface area (Å²) >= 11 is 4.59. The number of anilines is 1. The molecule has 0 fully saturated rings. The van der Waals surface area contributed by atoms with Crippen molar-refractivity contribution in [2.24, 2.45) is 0 Å². The molecule has 134 valence electrons. The Morgan fingerprint density at radius 3 is 2.73 bits per heavy atom. The van der Waals surface area contributed by atoms with E-state index in [1.165, 1.54) is 16.0 Å². The maximum Gasteiger partial charge on any atom is 0.341 e. The molecule has 0 atom stereocenters. The minimum absolute atomic E-state index is 0.0481. The van der Waals surface area contributed by atoms with Crippen molar-refractivity contribution in [1.29, 1.82) is 0 Å². The number of benzene rings is 1. The fourth-order valence-corrected chi connectivity index (χ4v) is 3.73. The molecule has 6 nitrogen and oxygen atoms in total. The maximum atomic E-state index is 12.5. The number of thiophene rings is 1. The highest BCUT2D eigenvalue weighted by Crippen LogP contribution is 2.36. The number of hydrogen-bond acceptors (Lipinski definition) is 5. The highest BCUT2D eigenvalue weighted by molar-refractivity contribution is 9.10. The Morgan fingerprint density at radius 2 is 2.08 bits per heavy atom. The number of carbonyl (C=O) groups excluding carboxylic acids is 2. The average Bonchev–Trinajstić information content (AvgIpc) is 3.22. The summed E-state index contributed by atoms with van der Waals surface area (Å²) in [7, 11) is 0. The Hall–Kier alpha value is -2.45. The van der Waals surface area contributed by atoms with Gasteiger partial charge in [0.2, 0.25) is 5.91 Å². The van der Waals surface area contributed by atoms with Gasteiger partial charge in [0.15, 0.2) is 0 Å². The molecule has 0 aliphatic heterocycles. The van der Waals surface area contributed by atoms with E-state index in [-0.39, 0.29) is 19.1 Å². The van der Waals surface area contributed by atoms with Gasteiger partial charge in [0.25, 0.3) is 0 Å². The van der Waals surface area contributed by atoms with E-state index in [1.807, 2.05) is 35.7 Å². The van der Waals surface area contributed by atoms with Crippen molar-refractivity contribution in [1.82, 2.24) is 9.78 Å². The van der Waals surface area contributed by atoms with E-state index in [0.29, 0.717) is 10.6 Å². The molecule has 0 bridgehead atoms. The first-order valence-electron chi connectivity index (χ1n) is 7.90. The molecule has 0 radical (unpaired) electrons. The van der Waals surface area contributed by atoms with Gasteiger partial charge in [-0.3, -0.25) is 9.48 Å². The van der Waals surface area contributed by atoms with Crippen molar-refractivity contribution in [3.8, 4) is 11.1 Å². The third kappa shape index (κ3) is 4.20. The van der Waals surface area contributed by atoms with E-state index >= 15 is 0 Å². The Balaban J connectivity index is 1.87. The van der Waals surface area contributed by atoms with Crippen molar-refractivity contribution in [3.63, 3.8) is 0 Å². The van der Waals surface area contributed by atoms with Gasteiger partial charge in [0.1, 0.15) is 17.1 Å². The third-order valence-corrected chi connectivity index (χ3v) is 4.82. The van der Waals surface area contributed by atoms with Crippen LogP contribution in [0.5, 0.6) is 0 Å². The largest absolute Gasteiger partial charge is 0.462 e. The van der Waals surface area contributed by atoms with Crippen LogP contribution in [0, 0.1) is 0 Å². The van der Waals surface area contributed by atoms with Gasteiger partial charge in [0, 0.05) is 17.1 Å². The van der Waals surface area contributed by atoms with Gasteiger partial charge < -0.3 is 10.1 Å². The second-order valence-electron chi connectivity index (χ2n) is 5.34. The van der Waals surface area contributed by atoms with Crippen LogP contribution in [-0.2, 0) is 16.1 Å². The summed E-state index contributed by atoms with van der Waals surface area (Å²) in [6.07, 6.45) is 3.31. The molecule has 3 aromatic rings. The van der Waals surface area contributed by atoms with E-state index in [4.69, 9.17) is 4.74 Å². The van der Waals surface area contributed by atoms with Crippen molar-refractivity contribution < 1.29 is 14.3 Å². The molecule has 8 heteroatoms. The summed E-state index contributed by atoms with van der Waals surface area (Å²) in [6, 6.07) is 9.53. The lowest BCUT2D eigenvalue weighted by molar-refractivity contribution is -0.116. The number of nitrogens with one attached hydrogen (secondary N) is 1. The number of aromatic nitrogens is 2. The molecule has 2 aromatic heterocycles. The van der Waals surface area contributed by atoms with Crippen molar-refractivity contribution in [2.75, 3.05) is 11.9 Å². The number of rotatable bonds is 6. The van der Waals surface area contributed by atoms with Crippen LogP contribution in [-0.4, -0.2) is 28.3 Å². The molecule has 0 unspecified atom stereocenters. The normalized spacial score (nSPS) is 10.5. The first kappa shape index (κ1) is 18.3. The van der Waals surface area contributed by atoms with Gasteiger partial charge in [-0.25, -0.2) is 4.79 Å². The molecule has 0 aliphatic rings. The topological polar surface area (TPSA) is 73.2 Å². The molecule has 0 saturated carbocycles. The molecule has 0 aliphatic carbocycles. The van der Waals surface area contributed by atoms with Gasteiger partial charge in [-0.15, -0.1) is 11.3 Å². The smallest absolute Gasteiger partial charge is 0.341 e. The number of ether oxygens (including phenoxy) is 1. The number of halogens is 1. The van der Waals surface area contributed by atoms with E-state index < -0.39 is 5.97 Å². The van der Waals surface area contributed by atoms with Crippen LogP contribution in [0.2, 0.25) is 0 Å². The fourth-order valence-electron chi connectivity index (χ4n) is 2.42. The molecule has 26 heavy (non-hydrogen) atoms. The van der Waals surface area contributed by atoms with E-state index in [2.05, 4.69) is 26.3 Å². The van der Waals surface area contributed by atoms with Crippen LogP contribution in [0.25, 0.3) is 11.1 Å². The Morgan fingerprint density at radius 1 is 1.31 bits per heavy atom. The quantitative estimate of drug-likeness (QED) is 0.591. The van der Waals surface area contributed by atoms with Crippen LogP contribution < -0.4 is 5.32 Å². The molecular formula is C18H16BrN3O3S. The lowest BCUT2D eigenvalue weighted by Crippen LogP contribution is -2.20. The number of hydrogen-bond donors (Lipinski definition) is 1. The van der Waals surface area contributed by atoms with Gasteiger partial charge in [-0.05, 0) is 28.4 Å². The zero-order valence-corrected chi connectivity index (χ0v) is 16.3. The SMILES string of the molecule is CCOC(=O)c1c(-c2ccccc2)csc1NC(=O)Cn1cc(Br)cn1. The predicted molar refractivity (Wildman–Crippen MR) is 104 cm³/mol. The van der Waals surface area contributed by atoms with Gasteiger partial charge in [-0.2, -0.15) is 5.10 Å². The molecule has 3 rings (SSSR count). The molecule has 0 saturated heterocycles. The third-order valence-electron chi connectivity index (χ3n) is 3.52. The van der Waals surface area contributed by atoms with Gasteiger partial charge in [-0.1, -0.05) is 30.3 Å². The first-order valence-corrected chi connectivity index (χ1v) is 9.57. The Bertz CT molecular complexity index is 921. The number of esters is 1. The highest BCUT2D eigenvalue weighted by Gasteiger charge is 2.22. The lowest BCUT2D eigenvalue weighted by atomic mass is 10.0. The van der Waals surface area contributed by atoms with E-state index in [9.17, 15) is 9.59 Å². The second-order valence-corrected chi connectivity index (χ2v) is 7.14. The van der Waals surface area contributed by atoms with Crippen LogP contribution in [0.4, 0.5) is 5.00 Å².